The van der Waals surface area contributed by atoms with Gasteiger partial charge >= 0.3 is 6.18 Å². The van der Waals surface area contributed by atoms with Crippen molar-refractivity contribution in [3.63, 3.8) is 0 Å². The number of carbonyl (C=O) groups is 1. The molecule has 0 saturated heterocycles. The monoisotopic (exact) mass is 436 g/mol. The summed E-state index contributed by atoms with van der Waals surface area (Å²) in [5.41, 5.74) is -1.08. The maximum Gasteiger partial charge on any atom is 0.416 e. The summed E-state index contributed by atoms with van der Waals surface area (Å²) in [5.74, 6) is 0.287. The van der Waals surface area contributed by atoms with Gasteiger partial charge in [0, 0.05) is 6.20 Å². The molecule has 0 fully saturated rings. The molecule has 3 rings (SSSR count). The highest BCUT2D eigenvalue weighted by atomic mass is 35.5. The van der Waals surface area contributed by atoms with Gasteiger partial charge < -0.3 is 14.8 Å². The van der Waals surface area contributed by atoms with Crippen molar-refractivity contribution in [2.24, 2.45) is 0 Å². The Hall–Kier alpha value is -3.26. The summed E-state index contributed by atoms with van der Waals surface area (Å²) in [7, 11) is 0. The molecule has 1 amide bonds. The second-order valence-electron chi connectivity index (χ2n) is 6.01. The normalized spacial score (nSPS) is 11.1. The lowest BCUT2D eigenvalue weighted by Gasteiger charge is -2.15. The van der Waals surface area contributed by atoms with Crippen LogP contribution in [0.1, 0.15) is 22.8 Å². The number of halogens is 4. The van der Waals surface area contributed by atoms with Gasteiger partial charge in [-0.15, -0.1) is 0 Å². The van der Waals surface area contributed by atoms with Crippen LogP contribution >= 0.6 is 11.6 Å². The smallest absolute Gasteiger partial charge is 0.416 e. The number of anilines is 1. The summed E-state index contributed by atoms with van der Waals surface area (Å²) in [5, 5.41) is 2.35. The SMILES string of the molecule is CCOc1ccc(Oc2ccc(C(F)(F)F)cc2NC(=O)c2cccnc2Cl)cc1. The fraction of sp³-hybridized carbons (Fsp3) is 0.143. The summed E-state index contributed by atoms with van der Waals surface area (Å²) in [6.07, 6.45) is -3.20. The minimum Gasteiger partial charge on any atom is -0.494 e. The van der Waals surface area contributed by atoms with Gasteiger partial charge in [-0.25, -0.2) is 4.98 Å². The van der Waals surface area contributed by atoms with Crippen LogP contribution in [0.4, 0.5) is 18.9 Å². The molecule has 0 bridgehead atoms. The van der Waals surface area contributed by atoms with E-state index in [0.29, 0.717) is 18.1 Å². The highest BCUT2D eigenvalue weighted by molar-refractivity contribution is 6.33. The first-order chi connectivity index (χ1) is 14.3. The first-order valence-electron chi connectivity index (χ1n) is 8.81. The van der Waals surface area contributed by atoms with Crippen molar-refractivity contribution < 1.29 is 27.4 Å². The summed E-state index contributed by atoms with van der Waals surface area (Å²) in [6.45, 7) is 2.34. The number of nitrogens with zero attached hydrogens (tertiary/aromatic N) is 1. The van der Waals surface area contributed by atoms with E-state index in [0.717, 1.165) is 18.2 Å². The Balaban J connectivity index is 1.92. The van der Waals surface area contributed by atoms with E-state index in [-0.39, 0.29) is 22.2 Å². The van der Waals surface area contributed by atoms with Crippen LogP contribution in [-0.2, 0) is 6.18 Å². The first-order valence-corrected chi connectivity index (χ1v) is 9.19. The van der Waals surface area contributed by atoms with Crippen LogP contribution in [0.5, 0.6) is 17.2 Å². The van der Waals surface area contributed by atoms with E-state index in [9.17, 15) is 18.0 Å². The van der Waals surface area contributed by atoms with Crippen LogP contribution < -0.4 is 14.8 Å². The molecule has 156 valence electrons. The molecular weight excluding hydrogens is 421 g/mol. The molecule has 0 spiro atoms. The molecule has 1 N–H and O–H groups in total. The number of carbonyl (C=O) groups excluding carboxylic acids is 1. The molecule has 0 aliphatic rings. The van der Waals surface area contributed by atoms with E-state index in [1.807, 2.05) is 6.92 Å². The maximum atomic E-state index is 13.2. The van der Waals surface area contributed by atoms with E-state index in [1.54, 1.807) is 24.3 Å². The average Bonchev–Trinajstić information content (AvgIpc) is 2.70. The highest BCUT2D eigenvalue weighted by Crippen LogP contribution is 2.37. The number of amides is 1. The van der Waals surface area contributed by atoms with E-state index in [4.69, 9.17) is 21.1 Å². The van der Waals surface area contributed by atoms with Crippen LogP contribution in [0.25, 0.3) is 0 Å². The molecular formula is C21H16ClF3N2O3. The molecule has 1 heterocycles. The largest absolute Gasteiger partial charge is 0.494 e. The minimum absolute atomic E-state index is 0.0172. The number of rotatable bonds is 6. The molecule has 5 nitrogen and oxygen atoms in total. The van der Waals surface area contributed by atoms with E-state index < -0.39 is 17.6 Å². The van der Waals surface area contributed by atoms with E-state index >= 15 is 0 Å². The molecule has 0 saturated carbocycles. The Morgan fingerprint density at radius 3 is 2.43 bits per heavy atom. The Morgan fingerprint density at radius 2 is 1.80 bits per heavy atom. The first kappa shape index (κ1) is 21.4. The van der Waals surface area contributed by atoms with Gasteiger partial charge in [-0.2, -0.15) is 13.2 Å². The third-order valence-corrected chi connectivity index (χ3v) is 4.22. The van der Waals surface area contributed by atoms with Gasteiger partial charge in [0.05, 0.1) is 23.4 Å². The van der Waals surface area contributed by atoms with E-state index in [2.05, 4.69) is 10.3 Å². The van der Waals surface area contributed by atoms with Crippen LogP contribution in [-0.4, -0.2) is 17.5 Å². The zero-order valence-corrected chi connectivity index (χ0v) is 16.4. The second-order valence-corrected chi connectivity index (χ2v) is 6.37. The number of aromatic nitrogens is 1. The van der Waals surface area contributed by atoms with Gasteiger partial charge in [0.1, 0.15) is 16.7 Å². The van der Waals surface area contributed by atoms with Crippen molar-refractivity contribution in [2.45, 2.75) is 13.1 Å². The minimum atomic E-state index is -4.59. The van der Waals surface area contributed by atoms with Crippen molar-refractivity contribution in [2.75, 3.05) is 11.9 Å². The zero-order valence-electron chi connectivity index (χ0n) is 15.7. The number of hydrogen-bond acceptors (Lipinski definition) is 4. The quantitative estimate of drug-likeness (QED) is 0.467. The molecule has 0 aliphatic carbocycles. The lowest BCUT2D eigenvalue weighted by Crippen LogP contribution is -2.15. The Labute approximate surface area is 175 Å². The van der Waals surface area contributed by atoms with E-state index in [1.165, 1.54) is 18.3 Å². The van der Waals surface area contributed by atoms with Crippen molar-refractivity contribution in [3.8, 4) is 17.2 Å². The second kappa shape index (κ2) is 9.04. The predicted octanol–water partition coefficient (Wildman–Crippen LogP) is 6.20. The molecule has 0 radical (unpaired) electrons. The third kappa shape index (κ3) is 5.21. The molecule has 2 aromatic carbocycles. The Morgan fingerprint density at radius 1 is 1.10 bits per heavy atom. The van der Waals surface area contributed by atoms with Gasteiger partial charge in [-0.05, 0) is 61.5 Å². The van der Waals surface area contributed by atoms with Gasteiger partial charge in [0.2, 0.25) is 0 Å². The molecule has 0 atom stereocenters. The molecule has 1 aromatic heterocycles. The fourth-order valence-corrected chi connectivity index (χ4v) is 2.74. The fourth-order valence-electron chi connectivity index (χ4n) is 2.54. The van der Waals surface area contributed by atoms with Gasteiger partial charge in [0.15, 0.2) is 5.75 Å². The molecule has 3 aromatic rings. The summed E-state index contributed by atoms with van der Waals surface area (Å²) < 4.78 is 50.5. The van der Waals surface area contributed by atoms with Gasteiger partial charge in [0.25, 0.3) is 5.91 Å². The summed E-state index contributed by atoms with van der Waals surface area (Å²) >= 11 is 5.90. The zero-order chi connectivity index (χ0) is 21.7. The van der Waals surface area contributed by atoms with Crippen molar-refractivity contribution in [1.29, 1.82) is 0 Å². The number of alkyl halides is 3. The van der Waals surface area contributed by atoms with Crippen LogP contribution in [0.2, 0.25) is 5.15 Å². The molecule has 0 unspecified atom stereocenters. The number of benzene rings is 2. The summed E-state index contributed by atoms with van der Waals surface area (Å²) in [6, 6.07) is 12.2. The average molecular weight is 437 g/mol. The predicted molar refractivity (Wildman–Crippen MR) is 106 cm³/mol. The van der Waals surface area contributed by atoms with Crippen molar-refractivity contribution in [3.05, 3.63) is 77.1 Å². The van der Waals surface area contributed by atoms with Crippen molar-refractivity contribution in [1.82, 2.24) is 4.98 Å². The molecule has 0 aliphatic heterocycles. The number of nitrogens with one attached hydrogen (secondary N) is 1. The molecule has 30 heavy (non-hydrogen) atoms. The van der Waals surface area contributed by atoms with Crippen LogP contribution in [0, 0.1) is 0 Å². The number of ether oxygens (including phenoxy) is 2. The topological polar surface area (TPSA) is 60.5 Å². The van der Waals surface area contributed by atoms with Gasteiger partial charge in [-0.1, -0.05) is 11.6 Å². The van der Waals surface area contributed by atoms with Crippen molar-refractivity contribution >= 4 is 23.2 Å². The third-order valence-electron chi connectivity index (χ3n) is 3.92. The number of pyridine rings is 1. The standard InChI is InChI=1S/C21H16ClF3N2O3/c1-2-29-14-6-8-15(9-7-14)30-18-10-5-13(21(23,24)25)12-17(18)27-20(28)16-4-3-11-26-19(16)22/h3-12H,2H2,1H3,(H,27,28). The Kier molecular flexibility index (Phi) is 6.47. The summed E-state index contributed by atoms with van der Waals surface area (Å²) in [4.78, 5) is 16.3. The lowest BCUT2D eigenvalue weighted by molar-refractivity contribution is -0.137. The number of hydrogen-bond donors (Lipinski definition) is 1. The highest BCUT2D eigenvalue weighted by Gasteiger charge is 2.31. The molecule has 9 heteroatoms. The van der Waals surface area contributed by atoms with Gasteiger partial charge in [-0.3, -0.25) is 4.79 Å². The maximum absolute atomic E-state index is 13.2. The van der Waals surface area contributed by atoms with Crippen LogP contribution in [0.15, 0.2) is 60.8 Å². The van der Waals surface area contributed by atoms with Crippen LogP contribution in [0.3, 0.4) is 0 Å². The Bertz CT molecular complexity index is 1040. The lowest BCUT2D eigenvalue weighted by atomic mass is 10.1.